The standard InChI is InChI=1S/C14H12ClNO4/c1-9(17)10-2-7-14(13(8-10)16(18)19)20-12-5-3-11(15)4-6-12/h2-9,17H,1H3/t9-/m1/s1. The van der Waals surface area contributed by atoms with Crippen LogP contribution in [0.2, 0.25) is 5.02 Å². The smallest absolute Gasteiger partial charge is 0.311 e. The number of benzene rings is 2. The van der Waals surface area contributed by atoms with Crippen LogP contribution < -0.4 is 4.74 Å². The quantitative estimate of drug-likeness (QED) is 0.680. The van der Waals surface area contributed by atoms with Crippen LogP contribution in [0, 0.1) is 10.1 Å². The van der Waals surface area contributed by atoms with Crippen molar-refractivity contribution in [2.75, 3.05) is 0 Å². The number of ether oxygens (including phenoxy) is 1. The van der Waals surface area contributed by atoms with E-state index in [2.05, 4.69) is 0 Å². The number of hydrogen-bond acceptors (Lipinski definition) is 4. The molecule has 20 heavy (non-hydrogen) atoms. The Bertz CT molecular complexity index is 626. The fraction of sp³-hybridized carbons (Fsp3) is 0.143. The molecule has 0 aliphatic heterocycles. The van der Waals surface area contributed by atoms with Gasteiger partial charge < -0.3 is 9.84 Å². The van der Waals surface area contributed by atoms with Crippen LogP contribution in [-0.2, 0) is 0 Å². The normalized spacial score (nSPS) is 11.9. The lowest BCUT2D eigenvalue weighted by molar-refractivity contribution is -0.385. The van der Waals surface area contributed by atoms with Crippen molar-refractivity contribution >= 4 is 17.3 Å². The molecule has 1 N–H and O–H groups in total. The van der Waals surface area contributed by atoms with E-state index in [9.17, 15) is 15.2 Å². The van der Waals surface area contributed by atoms with Crippen molar-refractivity contribution in [3.8, 4) is 11.5 Å². The van der Waals surface area contributed by atoms with Crippen molar-refractivity contribution < 1.29 is 14.8 Å². The highest BCUT2D eigenvalue weighted by atomic mass is 35.5. The molecule has 0 aromatic heterocycles. The highest BCUT2D eigenvalue weighted by Crippen LogP contribution is 2.33. The Morgan fingerprint density at radius 2 is 1.90 bits per heavy atom. The monoisotopic (exact) mass is 293 g/mol. The van der Waals surface area contributed by atoms with Crippen molar-refractivity contribution in [3.05, 3.63) is 63.2 Å². The van der Waals surface area contributed by atoms with Gasteiger partial charge >= 0.3 is 5.69 Å². The third kappa shape index (κ3) is 3.26. The first kappa shape index (κ1) is 14.3. The lowest BCUT2D eigenvalue weighted by Gasteiger charge is -2.09. The van der Waals surface area contributed by atoms with Crippen LogP contribution in [0.1, 0.15) is 18.6 Å². The van der Waals surface area contributed by atoms with Gasteiger partial charge in [-0.2, -0.15) is 0 Å². The Hall–Kier alpha value is -2.11. The second kappa shape index (κ2) is 5.90. The van der Waals surface area contributed by atoms with Crippen LogP contribution in [-0.4, -0.2) is 10.0 Å². The van der Waals surface area contributed by atoms with Crippen LogP contribution >= 0.6 is 11.6 Å². The van der Waals surface area contributed by atoms with Crippen molar-refractivity contribution in [2.45, 2.75) is 13.0 Å². The van der Waals surface area contributed by atoms with Gasteiger partial charge in [-0.3, -0.25) is 10.1 Å². The van der Waals surface area contributed by atoms with E-state index in [4.69, 9.17) is 16.3 Å². The van der Waals surface area contributed by atoms with Crippen LogP contribution in [0.4, 0.5) is 5.69 Å². The largest absolute Gasteiger partial charge is 0.450 e. The van der Waals surface area contributed by atoms with E-state index < -0.39 is 11.0 Å². The van der Waals surface area contributed by atoms with E-state index in [0.717, 1.165) is 0 Å². The molecule has 0 spiro atoms. The van der Waals surface area contributed by atoms with Crippen molar-refractivity contribution in [3.63, 3.8) is 0 Å². The van der Waals surface area contributed by atoms with E-state index >= 15 is 0 Å². The molecule has 0 fully saturated rings. The maximum absolute atomic E-state index is 11.1. The lowest BCUT2D eigenvalue weighted by Crippen LogP contribution is -1.97. The summed E-state index contributed by atoms with van der Waals surface area (Å²) >= 11 is 5.76. The molecule has 0 heterocycles. The van der Waals surface area contributed by atoms with Gasteiger partial charge in [0.1, 0.15) is 5.75 Å². The molecule has 6 heteroatoms. The molecular formula is C14H12ClNO4. The maximum Gasteiger partial charge on any atom is 0.311 e. The van der Waals surface area contributed by atoms with Crippen LogP contribution in [0.3, 0.4) is 0 Å². The number of nitro benzene ring substituents is 1. The molecule has 104 valence electrons. The van der Waals surface area contributed by atoms with Crippen LogP contribution in [0.15, 0.2) is 42.5 Å². The Balaban J connectivity index is 2.35. The summed E-state index contributed by atoms with van der Waals surface area (Å²) < 4.78 is 5.48. The van der Waals surface area contributed by atoms with Crippen molar-refractivity contribution in [2.24, 2.45) is 0 Å². The highest BCUT2D eigenvalue weighted by molar-refractivity contribution is 6.30. The van der Waals surface area contributed by atoms with E-state index in [-0.39, 0.29) is 11.4 Å². The second-order valence-electron chi connectivity index (χ2n) is 4.22. The Labute approximate surface area is 120 Å². The highest BCUT2D eigenvalue weighted by Gasteiger charge is 2.18. The first-order chi connectivity index (χ1) is 9.47. The molecule has 0 aliphatic carbocycles. The zero-order valence-corrected chi connectivity index (χ0v) is 11.4. The molecular weight excluding hydrogens is 282 g/mol. The van der Waals surface area contributed by atoms with E-state index in [1.807, 2.05) is 0 Å². The number of rotatable bonds is 4. The fourth-order valence-corrected chi connectivity index (χ4v) is 1.78. The number of nitro groups is 1. The molecule has 5 nitrogen and oxygen atoms in total. The molecule has 0 unspecified atom stereocenters. The number of nitrogens with zero attached hydrogens (tertiary/aromatic N) is 1. The Morgan fingerprint density at radius 3 is 2.45 bits per heavy atom. The summed E-state index contributed by atoms with van der Waals surface area (Å²) in [6, 6.07) is 10.9. The molecule has 0 amide bonds. The fourth-order valence-electron chi connectivity index (χ4n) is 1.65. The van der Waals surface area contributed by atoms with Gasteiger partial charge in [0.2, 0.25) is 5.75 Å². The minimum atomic E-state index is -0.779. The predicted molar refractivity (Wildman–Crippen MR) is 75.3 cm³/mol. The molecule has 0 saturated carbocycles. The van der Waals surface area contributed by atoms with Crippen LogP contribution in [0.5, 0.6) is 11.5 Å². The molecule has 0 radical (unpaired) electrons. The number of halogens is 1. The van der Waals surface area contributed by atoms with E-state index in [0.29, 0.717) is 16.3 Å². The van der Waals surface area contributed by atoms with Gasteiger partial charge in [0.15, 0.2) is 0 Å². The maximum atomic E-state index is 11.1. The van der Waals surface area contributed by atoms with Gasteiger partial charge in [-0.15, -0.1) is 0 Å². The average molecular weight is 294 g/mol. The minimum absolute atomic E-state index is 0.113. The SMILES string of the molecule is C[C@@H](O)c1ccc(Oc2ccc(Cl)cc2)c([N+](=O)[O-])c1. The van der Waals surface area contributed by atoms with Gasteiger partial charge in [0.05, 0.1) is 11.0 Å². The first-order valence-electron chi connectivity index (χ1n) is 5.87. The molecule has 0 aliphatic rings. The van der Waals surface area contributed by atoms with Gasteiger partial charge in [0.25, 0.3) is 0 Å². The molecule has 1 atom stereocenters. The summed E-state index contributed by atoms with van der Waals surface area (Å²) in [7, 11) is 0. The van der Waals surface area contributed by atoms with E-state index in [1.165, 1.54) is 12.1 Å². The molecule has 2 aromatic carbocycles. The molecule has 0 bridgehead atoms. The second-order valence-corrected chi connectivity index (χ2v) is 4.65. The summed E-state index contributed by atoms with van der Waals surface area (Å²) in [4.78, 5) is 10.5. The summed E-state index contributed by atoms with van der Waals surface area (Å²) in [6.07, 6.45) is -0.779. The van der Waals surface area contributed by atoms with Gasteiger partial charge in [-0.25, -0.2) is 0 Å². The zero-order valence-electron chi connectivity index (χ0n) is 10.6. The van der Waals surface area contributed by atoms with Gasteiger partial charge in [0, 0.05) is 11.1 Å². The van der Waals surface area contributed by atoms with Crippen molar-refractivity contribution in [1.29, 1.82) is 0 Å². The topological polar surface area (TPSA) is 72.6 Å². The number of aliphatic hydroxyl groups is 1. The number of hydrogen-bond donors (Lipinski definition) is 1. The van der Waals surface area contributed by atoms with Crippen molar-refractivity contribution in [1.82, 2.24) is 0 Å². The first-order valence-corrected chi connectivity index (χ1v) is 6.25. The summed E-state index contributed by atoms with van der Waals surface area (Å²) in [5, 5.41) is 21.1. The minimum Gasteiger partial charge on any atom is -0.450 e. The van der Waals surface area contributed by atoms with Gasteiger partial charge in [-0.1, -0.05) is 17.7 Å². The molecule has 2 rings (SSSR count). The Morgan fingerprint density at radius 1 is 1.25 bits per heavy atom. The molecule has 0 saturated heterocycles. The summed E-state index contributed by atoms with van der Waals surface area (Å²) in [5.41, 5.74) is 0.263. The third-order valence-corrected chi connectivity index (χ3v) is 2.96. The average Bonchev–Trinajstić information content (AvgIpc) is 2.41. The van der Waals surface area contributed by atoms with E-state index in [1.54, 1.807) is 37.3 Å². The van der Waals surface area contributed by atoms with Gasteiger partial charge in [-0.05, 0) is 42.8 Å². The van der Waals surface area contributed by atoms with Crippen LogP contribution in [0.25, 0.3) is 0 Å². The Kier molecular flexibility index (Phi) is 4.22. The lowest BCUT2D eigenvalue weighted by atomic mass is 10.1. The number of aliphatic hydroxyl groups excluding tert-OH is 1. The summed E-state index contributed by atoms with van der Waals surface area (Å²) in [6.45, 7) is 1.54. The molecule has 2 aromatic rings. The predicted octanol–water partition coefficient (Wildman–Crippen LogP) is 4.09. The zero-order chi connectivity index (χ0) is 14.7. The third-order valence-electron chi connectivity index (χ3n) is 2.70. The summed E-state index contributed by atoms with van der Waals surface area (Å²) in [5.74, 6) is 0.559.